The summed E-state index contributed by atoms with van der Waals surface area (Å²) in [6, 6.07) is 16.0. The lowest BCUT2D eigenvalue weighted by Gasteiger charge is -2.14. The van der Waals surface area contributed by atoms with Gasteiger partial charge in [-0.15, -0.1) is 0 Å². The highest BCUT2D eigenvalue weighted by atomic mass is 19.1. The maximum absolute atomic E-state index is 15.4. The number of H-pyrrole nitrogens is 1. The number of hydrogen-bond acceptors (Lipinski definition) is 6. The van der Waals surface area contributed by atoms with Crippen LogP contribution in [0, 0.1) is 17.5 Å². The molecule has 0 radical (unpaired) electrons. The van der Waals surface area contributed by atoms with Crippen molar-refractivity contribution in [2.75, 3.05) is 17.7 Å². The number of aromatic nitrogens is 3. The molecule has 9 nitrogen and oxygen atoms in total. The smallest absolute Gasteiger partial charge is 0.271 e. The molecule has 0 atom stereocenters. The topological polar surface area (TPSA) is 124 Å². The summed E-state index contributed by atoms with van der Waals surface area (Å²) in [5.41, 5.74) is 6.57. The third-order valence-corrected chi connectivity index (χ3v) is 6.91. The van der Waals surface area contributed by atoms with Crippen molar-refractivity contribution in [3.8, 4) is 34.1 Å². The van der Waals surface area contributed by atoms with Crippen molar-refractivity contribution in [1.29, 1.82) is 0 Å². The van der Waals surface area contributed by atoms with Crippen LogP contribution in [-0.4, -0.2) is 27.0 Å². The standard InChI is InChI=1S/C33H24F3N5O4/c1-2-44-27-12-14-41(21-7-3-18(34)4-8-21)33(43)30(27)32(42)40-20-6-10-26(25(36)16-20)45-28-11-13-38-31-29(28)23(17-39-31)22-15-19(37)5-9-24(22)35/h3-17H,2,37H2,1H3,(H,38,39)(H,40,42). The predicted molar refractivity (Wildman–Crippen MR) is 163 cm³/mol. The van der Waals surface area contributed by atoms with Gasteiger partial charge in [-0.1, -0.05) is 0 Å². The van der Waals surface area contributed by atoms with Crippen molar-refractivity contribution in [2.45, 2.75) is 6.92 Å². The quantitative estimate of drug-likeness (QED) is 0.162. The fourth-order valence-electron chi connectivity index (χ4n) is 4.86. The van der Waals surface area contributed by atoms with Gasteiger partial charge in [0.15, 0.2) is 11.6 Å². The minimum Gasteiger partial charge on any atom is -0.493 e. The molecule has 12 heteroatoms. The van der Waals surface area contributed by atoms with E-state index in [0.29, 0.717) is 28.0 Å². The van der Waals surface area contributed by atoms with Crippen molar-refractivity contribution in [3.05, 3.63) is 125 Å². The molecule has 3 heterocycles. The second-order valence-corrected chi connectivity index (χ2v) is 9.82. The summed E-state index contributed by atoms with van der Waals surface area (Å²) in [7, 11) is 0. The Morgan fingerprint density at radius 3 is 2.49 bits per heavy atom. The third-order valence-electron chi connectivity index (χ3n) is 6.91. The summed E-state index contributed by atoms with van der Waals surface area (Å²) < 4.78 is 56.1. The number of carbonyl (C=O) groups excluding carboxylic acids is 1. The Kier molecular flexibility index (Phi) is 7.69. The van der Waals surface area contributed by atoms with E-state index >= 15 is 4.39 Å². The number of hydrogen-bond donors (Lipinski definition) is 3. The highest BCUT2D eigenvalue weighted by Gasteiger charge is 2.22. The number of fused-ring (bicyclic) bond motifs is 1. The molecule has 0 spiro atoms. The van der Waals surface area contributed by atoms with Crippen molar-refractivity contribution in [2.24, 2.45) is 0 Å². The first kappa shape index (κ1) is 29.1. The van der Waals surface area contributed by atoms with Gasteiger partial charge in [0.1, 0.15) is 34.3 Å². The number of halogens is 3. The molecule has 0 unspecified atom stereocenters. The van der Waals surface area contributed by atoms with E-state index < -0.39 is 28.9 Å². The van der Waals surface area contributed by atoms with E-state index in [-0.39, 0.29) is 40.7 Å². The maximum atomic E-state index is 15.4. The van der Waals surface area contributed by atoms with E-state index in [0.717, 1.165) is 6.07 Å². The van der Waals surface area contributed by atoms with Crippen LogP contribution < -0.4 is 26.1 Å². The number of nitrogens with one attached hydrogen (secondary N) is 2. The molecule has 0 aliphatic heterocycles. The van der Waals surface area contributed by atoms with E-state index in [1.54, 1.807) is 13.1 Å². The molecule has 4 N–H and O–H groups in total. The Morgan fingerprint density at radius 2 is 1.73 bits per heavy atom. The number of aromatic amines is 1. The molecule has 3 aromatic carbocycles. The zero-order valence-electron chi connectivity index (χ0n) is 23.6. The largest absolute Gasteiger partial charge is 0.493 e. The Morgan fingerprint density at radius 1 is 0.933 bits per heavy atom. The summed E-state index contributed by atoms with van der Waals surface area (Å²) in [4.78, 5) is 33.9. The van der Waals surface area contributed by atoms with Gasteiger partial charge in [0, 0.05) is 52.8 Å². The molecule has 0 aliphatic rings. The summed E-state index contributed by atoms with van der Waals surface area (Å²) in [5.74, 6) is -2.63. The molecule has 0 aliphatic carbocycles. The molecule has 6 rings (SSSR count). The fraction of sp³-hybridized carbons (Fsp3) is 0.0606. The molecule has 226 valence electrons. The first-order valence-electron chi connectivity index (χ1n) is 13.7. The molecule has 1 amide bonds. The Balaban J connectivity index is 1.30. The van der Waals surface area contributed by atoms with E-state index in [9.17, 15) is 18.4 Å². The van der Waals surface area contributed by atoms with E-state index in [1.165, 1.54) is 83.7 Å². The zero-order chi connectivity index (χ0) is 31.7. The number of amides is 1. The lowest BCUT2D eigenvalue weighted by atomic mass is 10.0. The Hall–Kier alpha value is -6.04. The summed E-state index contributed by atoms with van der Waals surface area (Å²) in [6.07, 6.45) is 4.42. The zero-order valence-corrected chi connectivity index (χ0v) is 23.6. The molecule has 6 aromatic rings. The van der Waals surface area contributed by atoms with Crippen LogP contribution in [0.4, 0.5) is 24.5 Å². The first-order chi connectivity index (χ1) is 21.7. The van der Waals surface area contributed by atoms with Crippen molar-refractivity contribution in [1.82, 2.24) is 14.5 Å². The highest BCUT2D eigenvalue weighted by Crippen LogP contribution is 2.39. The lowest BCUT2D eigenvalue weighted by Crippen LogP contribution is -2.29. The lowest BCUT2D eigenvalue weighted by molar-refractivity contribution is 0.102. The summed E-state index contributed by atoms with van der Waals surface area (Å²) in [6.45, 7) is 1.87. The van der Waals surface area contributed by atoms with Gasteiger partial charge in [0.25, 0.3) is 11.5 Å². The number of rotatable bonds is 8. The summed E-state index contributed by atoms with van der Waals surface area (Å²) >= 11 is 0. The second kappa shape index (κ2) is 11.9. The van der Waals surface area contributed by atoms with Gasteiger partial charge in [0.2, 0.25) is 0 Å². The number of ether oxygens (including phenoxy) is 2. The minimum atomic E-state index is -0.843. The van der Waals surface area contributed by atoms with Crippen LogP contribution in [-0.2, 0) is 0 Å². The van der Waals surface area contributed by atoms with Crippen LogP contribution in [0.3, 0.4) is 0 Å². The predicted octanol–water partition coefficient (Wildman–Crippen LogP) is 6.82. The Labute approximate surface area is 253 Å². The van der Waals surface area contributed by atoms with Gasteiger partial charge in [-0.05, 0) is 73.7 Å². The fourth-order valence-corrected chi connectivity index (χ4v) is 4.86. The number of anilines is 2. The van der Waals surface area contributed by atoms with Crippen molar-refractivity contribution >= 4 is 28.3 Å². The van der Waals surface area contributed by atoms with Crippen LogP contribution in [0.2, 0.25) is 0 Å². The van der Waals surface area contributed by atoms with E-state index in [4.69, 9.17) is 15.2 Å². The van der Waals surface area contributed by atoms with E-state index in [2.05, 4.69) is 15.3 Å². The number of carbonyl (C=O) groups is 1. The normalized spacial score (nSPS) is 11.0. The molecule has 0 bridgehead atoms. The molecule has 3 aromatic heterocycles. The molecule has 0 fully saturated rings. The van der Waals surface area contributed by atoms with Crippen LogP contribution in [0.1, 0.15) is 17.3 Å². The van der Waals surface area contributed by atoms with Crippen LogP contribution in [0.25, 0.3) is 27.8 Å². The third kappa shape index (κ3) is 5.68. The highest BCUT2D eigenvalue weighted by molar-refractivity contribution is 6.06. The van der Waals surface area contributed by atoms with Gasteiger partial charge < -0.3 is 25.5 Å². The molecule has 0 saturated heterocycles. The molecular formula is C33H24F3N5O4. The van der Waals surface area contributed by atoms with Gasteiger partial charge in [-0.25, -0.2) is 18.2 Å². The number of pyridine rings is 2. The van der Waals surface area contributed by atoms with E-state index in [1.807, 2.05) is 0 Å². The average molecular weight is 612 g/mol. The van der Waals surface area contributed by atoms with Crippen molar-refractivity contribution in [3.63, 3.8) is 0 Å². The SMILES string of the molecule is CCOc1ccn(-c2ccc(F)cc2)c(=O)c1C(=O)Nc1ccc(Oc2ccnc3[nH]cc(-c4cc(N)ccc4F)c23)c(F)c1. The molecule has 45 heavy (non-hydrogen) atoms. The minimum absolute atomic E-state index is 0.0272. The van der Waals surface area contributed by atoms with Crippen LogP contribution in [0.5, 0.6) is 17.2 Å². The molecular weight excluding hydrogens is 587 g/mol. The number of nitrogens with zero attached hydrogens (tertiary/aromatic N) is 2. The van der Waals surface area contributed by atoms with Gasteiger partial charge >= 0.3 is 0 Å². The monoisotopic (exact) mass is 611 g/mol. The second-order valence-electron chi connectivity index (χ2n) is 9.82. The van der Waals surface area contributed by atoms with Crippen molar-refractivity contribution < 1.29 is 27.4 Å². The molecule has 0 saturated carbocycles. The Bertz CT molecular complexity index is 2130. The van der Waals surface area contributed by atoms with Gasteiger partial charge in [0.05, 0.1) is 12.0 Å². The van der Waals surface area contributed by atoms with Gasteiger partial charge in [-0.3, -0.25) is 14.2 Å². The van der Waals surface area contributed by atoms with Crippen LogP contribution >= 0.6 is 0 Å². The summed E-state index contributed by atoms with van der Waals surface area (Å²) in [5, 5.41) is 2.94. The van der Waals surface area contributed by atoms with Crippen LogP contribution in [0.15, 0.2) is 96.2 Å². The van der Waals surface area contributed by atoms with Gasteiger partial charge in [-0.2, -0.15) is 0 Å². The number of nitrogens with two attached hydrogens (primary N) is 1. The number of nitrogen functional groups attached to an aromatic ring is 1. The maximum Gasteiger partial charge on any atom is 0.271 e. The first-order valence-corrected chi connectivity index (χ1v) is 13.7. The number of benzene rings is 3. The average Bonchev–Trinajstić information content (AvgIpc) is 3.45.